The Morgan fingerprint density at radius 1 is 1.00 bits per heavy atom. The average molecular weight is 260 g/mol. The third-order valence-electron chi connectivity index (χ3n) is 3.62. The maximum atomic E-state index is 12.2. The predicted octanol–water partition coefficient (Wildman–Crippen LogP) is 3.11. The highest BCUT2D eigenvalue weighted by Gasteiger charge is 2.26. The third-order valence-corrected chi connectivity index (χ3v) is 3.62. The van der Waals surface area contributed by atoms with Gasteiger partial charge in [0.1, 0.15) is 6.29 Å². The van der Waals surface area contributed by atoms with Gasteiger partial charge in [0.15, 0.2) is 11.6 Å². The maximum absolute atomic E-state index is 12.2. The summed E-state index contributed by atoms with van der Waals surface area (Å²) in [4.78, 5) is 34.4. The fourth-order valence-electron chi connectivity index (χ4n) is 2.07. The van der Waals surface area contributed by atoms with Gasteiger partial charge in [-0.15, -0.1) is 0 Å². The van der Waals surface area contributed by atoms with Gasteiger partial charge in [-0.2, -0.15) is 0 Å². The summed E-state index contributed by atoms with van der Waals surface area (Å²) in [5.74, 6) is -0.0694. The van der Waals surface area contributed by atoms with Crippen LogP contribution in [0.4, 0.5) is 0 Å². The lowest BCUT2D eigenvalue weighted by molar-refractivity contribution is -0.116. The van der Waals surface area contributed by atoms with Crippen LogP contribution in [0, 0.1) is 0 Å². The molecule has 0 aliphatic heterocycles. The lowest BCUT2D eigenvalue weighted by Gasteiger charge is -2.17. The average Bonchev–Trinajstić information content (AvgIpc) is 2.40. The van der Waals surface area contributed by atoms with Gasteiger partial charge in [0, 0.05) is 28.7 Å². The van der Waals surface area contributed by atoms with E-state index in [1.54, 1.807) is 20.8 Å². The molecule has 0 amide bonds. The van der Waals surface area contributed by atoms with Crippen molar-refractivity contribution >= 4 is 17.9 Å². The molecule has 0 unspecified atom stereocenters. The van der Waals surface area contributed by atoms with Gasteiger partial charge in [-0.1, -0.05) is 11.6 Å². The molecule has 19 heavy (non-hydrogen) atoms. The number of rotatable bonds is 5. The molecule has 3 heteroatoms. The van der Waals surface area contributed by atoms with E-state index in [1.165, 1.54) is 0 Å². The Labute approximate surface area is 114 Å². The van der Waals surface area contributed by atoms with Crippen LogP contribution in [0.3, 0.4) is 0 Å². The maximum Gasteiger partial charge on any atom is 0.185 e. The minimum absolute atomic E-state index is 0.0333. The van der Waals surface area contributed by atoms with E-state index in [-0.39, 0.29) is 11.6 Å². The second-order valence-corrected chi connectivity index (χ2v) is 4.97. The van der Waals surface area contributed by atoms with Crippen molar-refractivity contribution in [1.82, 2.24) is 0 Å². The quantitative estimate of drug-likeness (QED) is 0.433. The van der Waals surface area contributed by atoms with Gasteiger partial charge in [-0.25, -0.2) is 0 Å². The summed E-state index contributed by atoms with van der Waals surface area (Å²) < 4.78 is 0. The van der Waals surface area contributed by atoms with Crippen LogP contribution in [0.15, 0.2) is 33.9 Å². The number of allylic oxidation sites excluding steroid dienone is 6. The minimum Gasteiger partial charge on any atom is -0.303 e. The lowest BCUT2D eigenvalue weighted by atomic mass is 9.84. The van der Waals surface area contributed by atoms with Gasteiger partial charge >= 0.3 is 0 Å². The SMILES string of the molecule is CC(=CCC1=C(C)C(=O)C(C)=C(C)C1=O)CCC=O. The van der Waals surface area contributed by atoms with Crippen molar-refractivity contribution in [2.75, 3.05) is 0 Å². The number of carbonyl (C=O) groups excluding carboxylic acids is 3. The first-order valence-electron chi connectivity index (χ1n) is 6.46. The van der Waals surface area contributed by atoms with Gasteiger partial charge in [0.05, 0.1) is 0 Å². The zero-order valence-corrected chi connectivity index (χ0v) is 12.0. The number of hydrogen-bond donors (Lipinski definition) is 0. The molecule has 0 aromatic carbocycles. The number of Topliss-reactive ketones (excluding diaryl/α,β-unsaturated/α-hetero) is 2. The van der Waals surface area contributed by atoms with Gasteiger partial charge in [0.2, 0.25) is 0 Å². The Balaban J connectivity index is 2.92. The first-order valence-corrected chi connectivity index (χ1v) is 6.46. The van der Waals surface area contributed by atoms with E-state index in [9.17, 15) is 14.4 Å². The zero-order valence-electron chi connectivity index (χ0n) is 12.0. The van der Waals surface area contributed by atoms with Gasteiger partial charge < -0.3 is 4.79 Å². The number of hydrogen-bond acceptors (Lipinski definition) is 3. The van der Waals surface area contributed by atoms with E-state index in [0.717, 1.165) is 11.9 Å². The van der Waals surface area contributed by atoms with E-state index in [0.29, 0.717) is 41.6 Å². The smallest absolute Gasteiger partial charge is 0.185 e. The van der Waals surface area contributed by atoms with E-state index >= 15 is 0 Å². The van der Waals surface area contributed by atoms with Crippen molar-refractivity contribution in [3.63, 3.8) is 0 Å². The van der Waals surface area contributed by atoms with E-state index < -0.39 is 0 Å². The first kappa shape index (κ1) is 15.3. The van der Waals surface area contributed by atoms with Crippen molar-refractivity contribution in [3.05, 3.63) is 33.9 Å². The van der Waals surface area contributed by atoms with Crippen LogP contribution in [0.2, 0.25) is 0 Å². The Morgan fingerprint density at radius 2 is 1.58 bits per heavy atom. The van der Waals surface area contributed by atoms with Crippen molar-refractivity contribution in [2.45, 2.75) is 47.0 Å². The fraction of sp³-hybridized carbons (Fsp3) is 0.438. The summed E-state index contributed by atoms with van der Waals surface area (Å²) in [6.45, 7) is 7.04. The molecule has 1 rings (SSSR count). The number of ketones is 2. The Bertz CT molecular complexity index is 516. The van der Waals surface area contributed by atoms with Crippen LogP contribution in [0.1, 0.15) is 47.0 Å². The number of carbonyl (C=O) groups is 3. The molecule has 0 fully saturated rings. The summed E-state index contributed by atoms with van der Waals surface area (Å²) in [6.07, 6.45) is 4.47. The molecule has 0 bridgehead atoms. The molecule has 102 valence electrons. The van der Waals surface area contributed by atoms with Crippen LogP contribution in [-0.4, -0.2) is 17.9 Å². The Morgan fingerprint density at radius 3 is 2.16 bits per heavy atom. The highest BCUT2D eigenvalue weighted by molar-refractivity contribution is 6.24. The van der Waals surface area contributed by atoms with Crippen molar-refractivity contribution in [1.29, 1.82) is 0 Å². The van der Waals surface area contributed by atoms with E-state index in [4.69, 9.17) is 0 Å². The summed E-state index contributed by atoms with van der Waals surface area (Å²) in [6, 6.07) is 0. The van der Waals surface area contributed by atoms with Crippen LogP contribution in [0.25, 0.3) is 0 Å². The lowest BCUT2D eigenvalue weighted by Crippen LogP contribution is -2.20. The normalized spacial score (nSPS) is 17.4. The molecule has 0 heterocycles. The summed E-state index contributed by atoms with van der Waals surface area (Å²) in [5.41, 5.74) is 3.29. The topological polar surface area (TPSA) is 51.2 Å². The molecule has 0 saturated heterocycles. The molecular weight excluding hydrogens is 240 g/mol. The fourth-order valence-corrected chi connectivity index (χ4v) is 2.07. The first-order chi connectivity index (χ1) is 8.90. The third kappa shape index (κ3) is 3.37. The molecule has 0 aromatic rings. The van der Waals surface area contributed by atoms with Crippen LogP contribution in [0.5, 0.6) is 0 Å². The van der Waals surface area contributed by atoms with Gasteiger partial charge in [-0.05, 0) is 40.5 Å². The highest BCUT2D eigenvalue weighted by atomic mass is 16.1. The molecule has 1 aliphatic carbocycles. The van der Waals surface area contributed by atoms with Gasteiger partial charge in [0.25, 0.3) is 0 Å². The summed E-state index contributed by atoms with van der Waals surface area (Å²) in [7, 11) is 0. The largest absolute Gasteiger partial charge is 0.303 e. The molecule has 1 aliphatic rings. The van der Waals surface area contributed by atoms with Crippen LogP contribution < -0.4 is 0 Å². The minimum atomic E-state index is -0.0361. The molecule has 0 radical (unpaired) electrons. The van der Waals surface area contributed by atoms with Crippen LogP contribution >= 0.6 is 0 Å². The molecule has 0 atom stereocenters. The summed E-state index contributed by atoms with van der Waals surface area (Å²) in [5, 5.41) is 0. The molecular formula is C16H20O3. The molecule has 0 aromatic heterocycles. The van der Waals surface area contributed by atoms with Crippen molar-refractivity contribution in [3.8, 4) is 0 Å². The summed E-state index contributed by atoms with van der Waals surface area (Å²) >= 11 is 0. The monoisotopic (exact) mass is 260 g/mol. The Hall–Kier alpha value is -1.77. The van der Waals surface area contributed by atoms with E-state index in [2.05, 4.69) is 0 Å². The molecule has 0 N–H and O–H groups in total. The number of aldehydes is 1. The van der Waals surface area contributed by atoms with E-state index in [1.807, 2.05) is 13.0 Å². The second kappa shape index (κ2) is 6.41. The second-order valence-electron chi connectivity index (χ2n) is 4.97. The highest BCUT2D eigenvalue weighted by Crippen LogP contribution is 2.26. The van der Waals surface area contributed by atoms with Crippen molar-refractivity contribution < 1.29 is 14.4 Å². The molecule has 3 nitrogen and oxygen atoms in total. The molecule has 0 saturated carbocycles. The molecule has 0 spiro atoms. The van der Waals surface area contributed by atoms with Crippen LogP contribution in [-0.2, 0) is 14.4 Å². The standard InChI is InChI=1S/C16H20O3/c1-10(6-5-9-17)7-8-14-13(4)15(18)11(2)12(3)16(14)19/h7,9H,5-6,8H2,1-4H3. The zero-order chi connectivity index (χ0) is 14.6. The van der Waals surface area contributed by atoms with Gasteiger partial charge in [-0.3, -0.25) is 9.59 Å². The Kier molecular flexibility index (Phi) is 5.16. The van der Waals surface area contributed by atoms with Crippen molar-refractivity contribution in [2.24, 2.45) is 0 Å². The predicted molar refractivity (Wildman–Crippen MR) is 74.8 cm³/mol.